The second-order valence-electron chi connectivity index (χ2n) is 8.06. The Balaban J connectivity index is 1.43. The molecule has 25 heavy (non-hydrogen) atoms. The fraction of sp³-hybridized carbons (Fsp3) is 0.889. The summed E-state index contributed by atoms with van der Waals surface area (Å²) in [5, 5.41) is 14.9. The number of hydrogen-bond donors (Lipinski definition) is 1. The zero-order valence-corrected chi connectivity index (χ0v) is 15.1. The maximum absolute atomic E-state index is 13.2. The van der Waals surface area contributed by atoms with Crippen LogP contribution in [-0.4, -0.2) is 56.7 Å². The highest BCUT2D eigenvalue weighted by molar-refractivity contribution is 5.84. The number of amides is 1. The predicted molar refractivity (Wildman–Crippen MR) is 93.8 cm³/mol. The third-order valence-corrected chi connectivity index (χ3v) is 6.64. The van der Waals surface area contributed by atoms with Crippen LogP contribution in [0.2, 0.25) is 0 Å². The monoisotopic (exact) mass is 346 g/mol. The van der Waals surface area contributed by atoms with Crippen molar-refractivity contribution in [1.82, 2.24) is 30.4 Å². The van der Waals surface area contributed by atoms with Gasteiger partial charge >= 0.3 is 0 Å². The zero-order valence-electron chi connectivity index (χ0n) is 15.1. The van der Waals surface area contributed by atoms with Crippen molar-refractivity contribution in [2.24, 2.45) is 5.92 Å². The molecule has 4 rings (SSSR count). The third-order valence-electron chi connectivity index (χ3n) is 6.64. The lowest BCUT2D eigenvalue weighted by Gasteiger charge is -2.45. The Bertz CT molecular complexity index is 566. The van der Waals surface area contributed by atoms with Gasteiger partial charge in [-0.3, -0.25) is 4.79 Å². The maximum Gasteiger partial charge on any atom is 0.248 e. The van der Waals surface area contributed by atoms with Gasteiger partial charge in [-0.2, -0.15) is 0 Å². The number of piperidine rings is 2. The van der Waals surface area contributed by atoms with Gasteiger partial charge in [-0.1, -0.05) is 25.7 Å². The van der Waals surface area contributed by atoms with Crippen LogP contribution in [0.4, 0.5) is 0 Å². The Labute approximate surface area is 149 Å². The van der Waals surface area contributed by atoms with Gasteiger partial charge in [0.1, 0.15) is 11.9 Å². The topological polar surface area (TPSA) is 75.9 Å². The van der Waals surface area contributed by atoms with Crippen molar-refractivity contribution in [3.63, 3.8) is 0 Å². The highest BCUT2D eigenvalue weighted by Crippen LogP contribution is 2.35. The summed E-state index contributed by atoms with van der Waals surface area (Å²) in [5.41, 5.74) is -0.581. The van der Waals surface area contributed by atoms with E-state index in [0.717, 1.165) is 32.2 Å². The van der Waals surface area contributed by atoms with E-state index in [1.54, 1.807) is 11.0 Å². The van der Waals surface area contributed by atoms with Crippen molar-refractivity contribution < 1.29 is 4.79 Å². The molecule has 1 aromatic heterocycles. The first-order valence-corrected chi connectivity index (χ1v) is 10.1. The fourth-order valence-corrected chi connectivity index (χ4v) is 5.26. The van der Waals surface area contributed by atoms with Crippen LogP contribution in [0, 0.1) is 5.92 Å². The van der Waals surface area contributed by atoms with Crippen molar-refractivity contribution in [2.45, 2.75) is 75.8 Å². The number of hydrogen-bond acceptors (Lipinski definition) is 5. The molecule has 1 N–H and O–H groups in total. The molecule has 3 aliphatic rings. The highest BCUT2D eigenvalue weighted by atomic mass is 16.2. The van der Waals surface area contributed by atoms with Crippen LogP contribution in [0.1, 0.15) is 64.2 Å². The highest BCUT2D eigenvalue weighted by Gasteiger charge is 2.43. The summed E-state index contributed by atoms with van der Waals surface area (Å²) in [6, 6.07) is 0.665. The van der Waals surface area contributed by atoms with Crippen molar-refractivity contribution >= 4 is 5.91 Å². The smallest absolute Gasteiger partial charge is 0.248 e. The van der Waals surface area contributed by atoms with Gasteiger partial charge in [0.25, 0.3) is 0 Å². The minimum Gasteiger partial charge on any atom is -0.354 e. The van der Waals surface area contributed by atoms with Gasteiger partial charge in [0.15, 0.2) is 0 Å². The zero-order chi connectivity index (χ0) is 17.1. The average molecular weight is 346 g/mol. The molecule has 0 radical (unpaired) electrons. The molecule has 1 amide bonds. The van der Waals surface area contributed by atoms with E-state index < -0.39 is 5.54 Å². The van der Waals surface area contributed by atoms with Gasteiger partial charge in [0, 0.05) is 12.6 Å². The van der Waals surface area contributed by atoms with Crippen molar-refractivity contribution in [3.05, 3.63) is 6.33 Å². The fourth-order valence-electron chi connectivity index (χ4n) is 5.26. The first-order valence-electron chi connectivity index (χ1n) is 10.1. The lowest BCUT2D eigenvalue weighted by Crippen LogP contribution is -2.54. The number of nitrogens with one attached hydrogen (secondary N) is 1. The van der Waals surface area contributed by atoms with Gasteiger partial charge in [-0.05, 0) is 68.0 Å². The predicted octanol–water partition coefficient (Wildman–Crippen LogP) is 1.71. The molecule has 2 unspecified atom stereocenters. The van der Waals surface area contributed by atoms with E-state index in [4.69, 9.17) is 0 Å². The number of aromatic nitrogens is 4. The van der Waals surface area contributed by atoms with Gasteiger partial charge in [-0.15, -0.1) is 5.10 Å². The number of nitrogens with zero attached hydrogens (tertiary/aromatic N) is 5. The van der Waals surface area contributed by atoms with E-state index in [-0.39, 0.29) is 5.91 Å². The van der Waals surface area contributed by atoms with Gasteiger partial charge in [0.2, 0.25) is 5.91 Å². The molecular weight excluding hydrogens is 316 g/mol. The van der Waals surface area contributed by atoms with Crippen LogP contribution >= 0.6 is 0 Å². The number of tetrazole rings is 1. The number of rotatable bonds is 4. The van der Waals surface area contributed by atoms with Gasteiger partial charge in [0.05, 0.1) is 0 Å². The summed E-state index contributed by atoms with van der Waals surface area (Å²) in [6.45, 7) is 3.28. The standard InChI is InChI=1S/C18H30N6O/c25-17(18(9-3-1-4-10-18)24-14-20-21-22-24)19-13-15-7-6-12-23-11-5-2-8-16(15)23/h14-16H,1-13H2,(H,19,25). The molecule has 7 nitrogen and oxygen atoms in total. The Morgan fingerprint density at radius 3 is 2.72 bits per heavy atom. The molecule has 2 atom stereocenters. The minimum atomic E-state index is -0.581. The summed E-state index contributed by atoms with van der Waals surface area (Å²) in [7, 11) is 0. The number of carbonyl (C=O) groups excluding carboxylic acids is 1. The number of carbonyl (C=O) groups is 1. The summed E-state index contributed by atoms with van der Waals surface area (Å²) < 4.78 is 1.70. The molecule has 0 bridgehead atoms. The maximum atomic E-state index is 13.2. The molecule has 1 aromatic rings. The van der Waals surface area contributed by atoms with Crippen molar-refractivity contribution in [3.8, 4) is 0 Å². The molecule has 2 aliphatic heterocycles. The Hall–Kier alpha value is -1.50. The molecule has 3 fully saturated rings. The summed E-state index contributed by atoms with van der Waals surface area (Å²) in [5.74, 6) is 0.708. The lowest BCUT2D eigenvalue weighted by molar-refractivity contribution is -0.132. The van der Waals surface area contributed by atoms with E-state index in [9.17, 15) is 4.79 Å². The molecule has 0 spiro atoms. The van der Waals surface area contributed by atoms with Gasteiger partial charge in [-0.25, -0.2) is 4.68 Å². The van der Waals surface area contributed by atoms with Crippen LogP contribution in [0.3, 0.4) is 0 Å². The first kappa shape index (κ1) is 16.9. The molecule has 3 heterocycles. The van der Waals surface area contributed by atoms with E-state index in [0.29, 0.717) is 12.0 Å². The summed E-state index contributed by atoms with van der Waals surface area (Å²) >= 11 is 0. The van der Waals surface area contributed by atoms with Crippen LogP contribution in [0.25, 0.3) is 0 Å². The third kappa shape index (κ3) is 3.30. The van der Waals surface area contributed by atoms with Crippen molar-refractivity contribution in [2.75, 3.05) is 19.6 Å². The molecule has 2 saturated heterocycles. The van der Waals surface area contributed by atoms with Crippen LogP contribution in [-0.2, 0) is 10.3 Å². The second-order valence-corrected chi connectivity index (χ2v) is 8.06. The molecular formula is C18H30N6O. The summed E-state index contributed by atoms with van der Waals surface area (Å²) in [6.07, 6.45) is 13.0. The summed E-state index contributed by atoms with van der Waals surface area (Å²) in [4.78, 5) is 15.8. The van der Waals surface area contributed by atoms with E-state index in [1.165, 1.54) is 51.6 Å². The molecule has 0 aromatic carbocycles. The van der Waals surface area contributed by atoms with Crippen molar-refractivity contribution in [1.29, 1.82) is 0 Å². The first-order chi connectivity index (χ1) is 12.3. The Morgan fingerprint density at radius 2 is 1.92 bits per heavy atom. The SMILES string of the molecule is O=C(NCC1CCCN2CCCCC12)C1(n2cnnn2)CCCCC1. The normalized spacial score (nSPS) is 29.8. The van der Waals surface area contributed by atoms with E-state index >= 15 is 0 Å². The van der Waals surface area contributed by atoms with Crippen LogP contribution < -0.4 is 5.32 Å². The van der Waals surface area contributed by atoms with Gasteiger partial charge < -0.3 is 10.2 Å². The minimum absolute atomic E-state index is 0.118. The Kier molecular flexibility index (Phi) is 5.01. The molecule has 138 valence electrons. The van der Waals surface area contributed by atoms with E-state index in [1.807, 2.05) is 0 Å². The molecule has 1 saturated carbocycles. The average Bonchev–Trinajstić information content (AvgIpc) is 3.22. The quantitative estimate of drug-likeness (QED) is 0.898. The second kappa shape index (κ2) is 7.40. The van der Waals surface area contributed by atoms with Crippen LogP contribution in [0.15, 0.2) is 6.33 Å². The molecule has 1 aliphatic carbocycles. The van der Waals surface area contributed by atoms with E-state index in [2.05, 4.69) is 25.7 Å². The Morgan fingerprint density at radius 1 is 1.08 bits per heavy atom. The number of fused-ring (bicyclic) bond motifs is 1. The largest absolute Gasteiger partial charge is 0.354 e. The van der Waals surface area contributed by atoms with Crippen LogP contribution in [0.5, 0.6) is 0 Å². The molecule has 7 heteroatoms. The lowest BCUT2D eigenvalue weighted by atomic mass is 9.80.